The van der Waals surface area contributed by atoms with Gasteiger partial charge < -0.3 is 5.32 Å². The van der Waals surface area contributed by atoms with E-state index >= 15 is 0 Å². The maximum atomic E-state index is 12.4. The second-order valence-electron chi connectivity index (χ2n) is 5.55. The first-order chi connectivity index (χ1) is 12.4. The van der Waals surface area contributed by atoms with Crippen LogP contribution in [0.1, 0.15) is 20.1 Å². The molecule has 0 unspecified atom stereocenters. The van der Waals surface area contributed by atoms with Crippen LogP contribution >= 0.6 is 34.7 Å². The van der Waals surface area contributed by atoms with Crippen LogP contribution in [0.2, 0.25) is 5.02 Å². The molecule has 1 saturated heterocycles. The fraction of sp³-hybridized carbons (Fsp3) is 0.167. The van der Waals surface area contributed by atoms with Crippen LogP contribution in [0.15, 0.2) is 41.3 Å². The van der Waals surface area contributed by atoms with Crippen LogP contribution in [0, 0.1) is 6.92 Å². The fourth-order valence-electron chi connectivity index (χ4n) is 2.33. The molecule has 3 amide bonds. The maximum absolute atomic E-state index is 12.4. The largest absolute Gasteiger partial charge is 0.350 e. The van der Waals surface area contributed by atoms with Crippen molar-refractivity contribution in [3.8, 4) is 0 Å². The molecule has 134 valence electrons. The lowest BCUT2D eigenvalue weighted by molar-refractivity contribution is -0.122. The molecular weight excluding hydrogens is 392 g/mol. The number of carbonyl (C=O) groups is 3. The van der Waals surface area contributed by atoms with E-state index in [4.69, 9.17) is 11.6 Å². The zero-order chi connectivity index (χ0) is 18.7. The Labute approximate surface area is 164 Å². The minimum absolute atomic E-state index is 0.138. The first-order valence-electron chi connectivity index (χ1n) is 7.79. The predicted molar refractivity (Wildman–Crippen MR) is 106 cm³/mol. The van der Waals surface area contributed by atoms with Crippen molar-refractivity contribution in [2.24, 2.45) is 0 Å². The minimum atomic E-state index is -0.351. The second kappa shape index (κ2) is 8.07. The molecule has 0 spiro atoms. The normalized spacial score (nSPS) is 15.8. The van der Waals surface area contributed by atoms with Gasteiger partial charge in [0.25, 0.3) is 17.1 Å². The molecule has 0 bridgehead atoms. The summed E-state index contributed by atoms with van der Waals surface area (Å²) in [4.78, 5) is 39.7. The first kappa shape index (κ1) is 18.7. The van der Waals surface area contributed by atoms with Crippen LogP contribution in [-0.4, -0.2) is 35.0 Å². The average molecular weight is 407 g/mol. The maximum Gasteiger partial charge on any atom is 0.293 e. The number of halogens is 1. The van der Waals surface area contributed by atoms with E-state index in [1.165, 1.54) is 11.3 Å². The van der Waals surface area contributed by atoms with Crippen LogP contribution < -0.4 is 5.32 Å². The van der Waals surface area contributed by atoms with E-state index in [0.29, 0.717) is 14.8 Å². The molecule has 1 aromatic carbocycles. The highest BCUT2D eigenvalue weighted by atomic mass is 35.5. The SMILES string of the molecule is Cc1ccc(C(=O)NCCN2C(=O)S/C(=C/c3ccc(Cl)cc3)C2=O)s1. The number of hydrogen-bond acceptors (Lipinski definition) is 5. The van der Waals surface area contributed by atoms with E-state index in [-0.39, 0.29) is 30.1 Å². The van der Waals surface area contributed by atoms with Crippen molar-refractivity contribution in [1.29, 1.82) is 0 Å². The number of hydrogen-bond donors (Lipinski definition) is 1. The number of nitrogens with zero attached hydrogens (tertiary/aromatic N) is 1. The molecule has 5 nitrogen and oxygen atoms in total. The molecule has 26 heavy (non-hydrogen) atoms. The third kappa shape index (κ3) is 4.35. The van der Waals surface area contributed by atoms with E-state index in [1.54, 1.807) is 36.4 Å². The van der Waals surface area contributed by atoms with Crippen molar-refractivity contribution in [3.05, 3.63) is 61.6 Å². The Kier molecular flexibility index (Phi) is 5.80. The summed E-state index contributed by atoms with van der Waals surface area (Å²) in [6.07, 6.45) is 1.66. The summed E-state index contributed by atoms with van der Waals surface area (Å²) in [6.45, 7) is 2.27. The Morgan fingerprint density at radius 3 is 2.58 bits per heavy atom. The van der Waals surface area contributed by atoms with E-state index in [0.717, 1.165) is 27.1 Å². The van der Waals surface area contributed by atoms with Crippen LogP contribution in [0.25, 0.3) is 6.08 Å². The Hall–Kier alpha value is -2.09. The smallest absolute Gasteiger partial charge is 0.293 e. The molecule has 1 aliphatic rings. The number of thioether (sulfide) groups is 1. The Balaban J connectivity index is 1.58. The van der Waals surface area contributed by atoms with E-state index in [9.17, 15) is 14.4 Å². The third-order valence-corrected chi connectivity index (χ3v) is 5.79. The third-order valence-electron chi connectivity index (χ3n) is 3.63. The van der Waals surface area contributed by atoms with Crippen LogP contribution in [0.3, 0.4) is 0 Å². The van der Waals surface area contributed by atoms with Crippen molar-refractivity contribution >= 4 is 57.8 Å². The summed E-state index contributed by atoms with van der Waals surface area (Å²) in [5.74, 6) is -0.553. The van der Waals surface area contributed by atoms with Gasteiger partial charge in [-0.2, -0.15) is 0 Å². The molecule has 1 fully saturated rings. The molecule has 1 N–H and O–H groups in total. The molecule has 1 aliphatic heterocycles. The van der Waals surface area contributed by atoms with Gasteiger partial charge in [0.15, 0.2) is 0 Å². The Bertz CT molecular complexity index is 890. The van der Waals surface area contributed by atoms with Crippen LogP contribution in [0.4, 0.5) is 4.79 Å². The predicted octanol–water partition coefficient (Wildman–Crippen LogP) is 4.18. The lowest BCUT2D eigenvalue weighted by Crippen LogP contribution is -2.37. The molecule has 8 heteroatoms. The van der Waals surface area contributed by atoms with Crippen molar-refractivity contribution in [1.82, 2.24) is 10.2 Å². The van der Waals surface area contributed by atoms with E-state index < -0.39 is 0 Å². The van der Waals surface area contributed by atoms with Gasteiger partial charge in [-0.25, -0.2) is 0 Å². The quantitative estimate of drug-likeness (QED) is 0.756. The highest BCUT2D eigenvalue weighted by Gasteiger charge is 2.34. The topological polar surface area (TPSA) is 66.5 Å². The molecule has 0 atom stereocenters. The molecule has 0 aliphatic carbocycles. The zero-order valence-corrected chi connectivity index (χ0v) is 16.2. The second-order valence-corrected chi connectivity index (χ2v) is 8.27. The van der Waals surface area contributed by atoms with Gasteiger partial charge in [0.1, 0.15) is 0 Å². The molecule has 2 aromatic rings. The molecule has 0 radical (unpaired) electrons. The van der Waals surface area contributed by atoms with Crippen molar-refractivity contribution in [2.45, 2.75) is 6.92 Å². The number of carbonyl (C=O) groups excluding carboxylic acids is 3. The average Bonchev–Trinajstić information content (AvgIpc) is 3.15. The van der Waals surface area contributed by atoms with Crippen molar-refractivity contribution in [3.63, 3.8) is 0 Å². The number of nitrogens with one attached hydrogen (secondary N) is 1. The lowest BCUT2D eigenvalue weighted by atomic mass is 10.2. The number of amides is 3. The number of imide groups is 1. The zero-order valence-electron chi connectivity index (χ0n) is 13.8. The summed E-state index contributed by atoms with van der Waals surface area (Å²) >= 11 is 8.14. The standard InChI is InChI=1S/C18H15ClN2O3S2/c1-11-2-7-14(25-11)16(22)20-8-9-21-17(23)15(26-18(21)24)10-12-3-5-13(19)6-4-12/h2-7,10H,8-9H2,1H3,(H,20,22)/b15-10+. The number of thiophene rings is 1. The number of rotatable bonds is 5. The summed E-state index contributed by atoms with van der Waals surface area (Å²) in [5.41, 5.74) is 0.793. The lowest BCUT2D eigenvalue weighted by Gasteiger charge is -2.12. The van der Waals surface area contributed by atoms with E-state index in [2.05, 4.69) is 5.32 Å². The summed E-state index contributed by atoms with van der Waals surface area (Å²) in [7, 11) is 0. The Morgan fingerprint density at radius 1 is 1.19 bits per heavy atom. The number of benzene rings is 1. The fourth-order valence-corrected chi connectivity index (χ4v) is 4.10. The summed E-state index contributed by atoms with van der Waals surface area (Å²) in [5, 5.41) is 3.00. The number of aryl methyl sites for hydroxylation is 1. The molecular formula is C18H15ClN2O3S2. The molecule has 0 saturated carbocycles. The van der Waals surface area contributed by atoms with Crippen molar-refractivity contribution < 1.29 is 14.4 Å². The Morgan fingerprint density at radius 2 is 1.92 bits per heavy atom. The van der Waals surface area contributed by atoms with Gasteiger partial charge in [0.2, 0.25) is 0 Å². The van der Waals surface area contributed by atoms with Crippen LogP contribution in [0.5, 0.6) is 0 Å². The molecule has 1 aromatic heterocycles. The van der Waals surface area contributed by atoms with Gasteiger partial charge in [0.05, 0.1) is 9.78 Å². The summed E-state index contributed by atoms with van der Waals surface area (Å²) < 4.78 is 0. The van der Waals surface area contributed by atoms with Crippen molar-refractivity contribution in [2.75, 3.05) is 13.1 Å². The summed E-state index contributed by atoms with van der Waals surface area (Å²) in [6, 6.07) is 10.6. The van der Waals surface area contributed by atoms with Gasteiger partial charge in [0, 0.05) is 23.0 Å². The highest BCUT2D eigenvalue weighted by Crippen LogP contribution is 2.32. The van der Waals surface area contributed by atoms with Gasteiger partial charge in [-0.15, -0.1) is 11.3 Å². The highest BCUT2D eigenvalue weighted by molar-refractivity contribution is 8.18. The monoisotopic (exact) mass is 406 g/mol. The first-order valence-corrected chi connectivity index (χ1v) is 9.81. The van der Waals surface area contributed by atoms with Gasteiger partial charge >= 0.3 is 0 Å². The minimum Gasteiger partial charge on any atom is -0.350 e. The van der Waals surface area contributed by atoms with E-state index in [1.807, 2.05) is 13.0 Å². The van der Waals surface area contributed by atoms with Crippen LogP contribution in [-0.2, 0) is 4.79 Å². The van der Waals surface area contributed by atoms with Gasteiger partial charge in [-0.1, -0.05) is 23.7 Å². The van der Waals surface area contributed by atoms with Gasteiger partial charge in [-0.3, -0.25) is 19.3 Å². The molecule has 2 heterocycles. The molecule has 3 rings (SSSR count). The van der Waals surface area contributed by atoms with Gasteiger partial charge in [-0.05, 0) is 54.6 Å².